The quantitative estimate of drug-likeness (QED) is 0.463. The Balaban J connectivity index is 2.74. The predicted molar refractivity (Wildman–Crippen MR) is 41.3 cm³/mol. The van der Waals surface area contributed by atoms with Crippen molar-refractivity contribution in [1.82, 2.24) is 0 Å². The van der Waals surface area contributed by atoms with Gasteiger partial charge in [-0.3, -0.25) is 0 Å². The molecule has 1 atom stereocenters. The molecule has 0 spiro atoms. The zero-order valence-electron chi connectivity index (χ0n) is 6.28. The minimum atomic E-state index is 0.718. The Morgan fingerprint density at radius 1 is 1.67 bits per heavy atom. The van der Waals surface area contributed by atoms with Crippen LogP contribution >= 0.6 is 0 Å². The van der Waals surface area contributed by atoms with Crippen LogP contribution in [0.5, 0.6) is 0 Å². The van der Waals surface area contributed by atoms with Crippen LogP contribution in [-0.4, -0.2) is 0 Å². The van der Waals surface area contributed by atoms with Gasteiger partial charge in [0.05, 0.1) is 0 Å². The van der Waals surface area contributed by atoms with Crippen molar-refractivity contribution in [2.24, 2.45) is 5.92 Å². The molecule has 0 aromatic rings. The lowest BCUT2D eigenvalue weighted by Crippen LogP contribution is -2.03. The van der Waals surface area contributed by atoms with E-state index >= 15 is 0 Å². The number of hydrogen-bond donors (Lipinski definition) is 0. The van der Waals surface area contributed by atoms with Gasteiger partial charge in [0.25, 0.3) is 0 Å². The van der Waals surface area contributed by atoms with Crippen LogP contribution < -0.4 is 0 Å². The van der Waals surface area contributed by atoms with Crippen LogP contribution in [0.25, 0.3) is 0 Å². The summed E-state index contributed by atoms with van der Waals surface area (Å²) < 4.78 is 0. The second kappa shape index (κ2) is 2.38. The molecule has 0 bridgehead atoms. The fourth-order valence-electron chi connectivity index (χ4n) is 1.24. The second-order valence-corrected chi connectivity index (χ2v) is 2.89. The van der Waals surface area contributed by atoms with E-state index in [-0.39, 0.29) is 0 Å². The third-order valence-corrected chi connectivity index (χ3v) is 2.15. The van der Waals surface area contributed by atoms with E-state index in [0.717, 1.165) is 5.92 Å². The summed E-state index contributed by atoms with van der Waals surface area (Å²) in [6.45, 7) is 8.41. The van der Waals surface area contributed by atoms with Crippen molar-refractivity contribution in [2.45, 2.75) is 26.7 Å². The van der Waals surface area contributed by atoms with Gasteiger partial charge in [0.1, 0.15) is 0 Å². The molecule has 0 aromatic heterocycles. The Morgan fingerprint density at radius 3 is 2.78 bits per heavy atom. The first-order valence-corrected chi connectivity index (χ1v) is 3.57. The molecule has 0 saturated heterocycles. The molecule has 0 aromatic carbocycles. The second-order valence-electron chi connectivity index (χ2n) is 2.89. The Bertz CT molecular complexity index is 151. The van der Waals surface area contributed by atoms with Gasteiger partial charge in [-0.15, -0.1) is 0 Å². The maximum absolute atomic E-state index is 4.01. The molecule has 50 valence electrons. The molecular formula is C9H14. The highest BCUT2D eigenvalue weighted by molar-refractivity contribution is 5.30. The molecule has 1 aliphatic carbocycles. The SMILES string of the molecule is C=C1C(C)=CCCC1C. The predicted octanol–water partition coefficient (Wildman–Crippen LogP) is 2.92. The van der Waals surface area contributed by atoms with E-state index in [1.807, 2.05) is 0 Å². The summed E-state index contributed by atoms with van der Waals surface area (Å²) in [6, 6.07) is 0. The molecule has 0 nitrogen and oxygen atoms in total. The van der Waals surface area contributed by atoms with Crippen molar-refractivity contribution >= 4 is 0 Å². The fraction of sp³-hybridized carbons (Fsp3) is 0.556. The van der Waals surface area contributed by atoms with Crippen molar-refractivity contribution in [1.29, 1.82) is 0 Å². The van der Waals surface area contributed by atoms with Gasteiger partial charge in [-0.2, -0.15) is 0 Å². The molecule has 0 heterocycles. The van der Waals surface area contributed by atoms with Crippen molar-refractivity contribution in [3.8, 4) is 0 Å². The average molecular weight is 122 g/mol. The summed E-state index contributed by atoms with van der Waals surface area (Å²) in [7, 11) is 0. The lowest BCUT2D eigenvalue weighted by atomic mass is 9.87. The van der Waals surface area contributed by atoms with Crippen molar-refractivity contribution in [2.75, 3.05) is 0 Å². The number of allylic oxidation sites excluding steroid dienone is 3. The summed E-state index contributed by atoms with van der Waals surface area (Å²) in [5, 5.41) is 0. The monoisotopic (exact) mass is 122 g/mol. The summed E-state index contributed by atoms with van der Waals surface area (Å²) in [6.07, 6.45) is 4.81. The van der Waals surface area contributed by atoms with E-state index in [9.17, 15) is 0 Å². The van der Waals surface area contributed by atoms with E-state index in [1.165, 1.54) is 24.0 Å². The van der Waals surface area contributed by atoms with E-state index < -0.39 is 0 Å². The van der Waals surface area contributed by atoms with E-state index in [0.29, 0.717) is 0 Å². The van der Waals surface area contributed by atoms with Gasteiger partial charge in [-0.1, -0.05) is 25.2 Å². The lowest BCUT2D eigenvalue weighted by Gasteiger charge is -2.19. The normalized spacial score (nSPS) is 28.0. The van der Waals surface area contributed by atoms with Gasteiger partial charge in [-0.25, -0.2) is 0 Å². The van der Waals surface area contributed by atoms with Crippen molar-refractivity contribution < 1.29 is 0 Å². The molecular weight excluding hydrogens is 108 g/mol. The van der Waals surface area contributed by atoms with Gasteiger partial charge in [0.2, 0.25) is 0 Å². The van der Waals surface area contributed by atoms with Crippen molar-refractivity contribution in [3.05, 3.63) is 23.8 Å². The minimum absolute atomic E-state index is 0.718. The summed E-state index contributed by atoms with van der Waals surface area (Å²) in [5.74, 6) is 0.718. The average Bonchev–Trinajstić information content (AvgIpc) is 1.83. The zero-order chi connectivity index (χ0) is 6.85. The Kier molecular flexibility index (Phi) is 1.75. The molecule has 0 heteroatoms. The Hall–Kier alpha value is -0.520. The highest BCUT2D eigenvalue weighted by Gasteiger charge is 2.11. The van der Waals surface area contributed by atoms with Gasteiger partial charge in [0.15, 0.2) is 0 Å². The van der Waals surface area contributed by atoms with Gasteiger partial charge >= 0.3 is 0 Å². The van der Waals surface area contributed by atoms with Gasteiger partial charge in [-0.05, 0) is 31.3 Å². The van der Waals surface area contributed by atoms with E-state index in [1.54, 1.807) is 0 Å². The first kappa shape index (κ1) is 6.60. The first-order chi connectivity index (χ1) is 4.22. The van der Waals surface area contributed by atoms with Gasteiger partial charge in [0, 0.05) is 0 Å². The van der Waals surface area contributed by atoms with Crippen LogP contribution in [0.4, 0.5) is 0 Å². The molecule has 0 saturated carbocycles. The highest BCUT2D eigenvalue weighted by atomic mass is 14.2. The van der Waals surface area contributed by atoms with E-state index in [4.69, 9.17) is 0 Å². The zero-order valence-corrected chi connectivity index (χ0v) is 6.28. The van der Waals surface area contributed by atoms with Crippen LogP contribution in [0.15, 0.2) is 23.8 Å². The molecule has 0 fully saturated rings. The van der Waals surface area contributed by atoms with Gasteiger partial charge < -0.3 is 0 Å². The molecule has 1 aliphatic rings. The van der Waals surface area contributed by atoms with Crippen LogP contribution in [0, 0.1) is 5.92 Å². The molecule has 1 rings (SSSR count). The molecule has 9 heavy (non-hydrogen) atoms. The van der Waals surface area contributed by atoms with E-state index in [2.05, 4.69) is 26.5 Å². The number of hydrogen-bond acceptors (Lipinski definition) is 0. The minimum Gasteiger partial charge on any atom is -0.0953 e. The fourth-order valence-corrected chi connectivity index (χ4v) is 1.24. The molecule has 0 N–H and O–H groups in total. The molecule has 0 radical (unpaired) electrons. The maximum atomic E-state index is 4.01. The Morgan fingerprint density at radius 2 is 2.33 bits per heavy atom. The third kappa shape index (κ3) is 1.24. The lowest BCUT2D eigenvalue weighted by molar-refractivity contribution is 0.608. The van der Waals surface area contributed by atoms with Crippen molar-refractivity contribution in [3.63, 3.8) is 0 Å². The largest absolute Gasteiger partial charge is 0.0953 e. The van der Waals surface area contributed by atoms with Crippen LogP contribution in [0.3, 0.4) is 0 Å². The summed E-state index contributed by atoms with van der Waals surface area (Å²) in [5.41, 5.74) is 2.73. The third-order valence-electron chi connectivity index (χ3n) is 2.15. The topological polar surface area (TPSA) is 0 Å². The number of rotatable bonds is 0. The molecule has 0 aliphatic heterocycles. The highest BCUT2D eigenvalue weighted by Crippen LogP contribution is 2.27. The van der Waals surface area contributed by atoms with Crippen LogP contribution in [0.2, 0.25) is 0 Å². The maximum Gasteiger partial charge on any atom is -0.0191 e. The summed E-state index contributed by atoms with van der Waals surface area (Å²) in [4.78, 5) is 0. The van der Waals surface area contributed by atoms with Crippen LogP contribution in [-0.2, 0) is 0 Å². The Labute approximate surface area is 57.3 Å². The van der Waals surface area contributed by atoms with Crippen LogP contribution in [0.1, 0.15) is 26.7 Å². The smallest absolute Gasteiger partial charge is 0.0191 e. The standard InChI is InChI=1S/C9H14/c1-7-5-4-6-8(2)9(7)3/h5,8H,3-4,6H2,1-2H3. The summed E-state index contributed by atoms with van der Waals surface area (Å²) >= 11 is 0. The molecule has 1 unspecified atom stereocenters. The molecule has 0 amide bonds. The first-order valence-electron chi connectivity index (χ1n) is 3.57.